The van der Waals surface area contributed by atoms with Gasteiger partial charge in [0.1, 0.15) is 0 Å². The summed E-state index contributed by atoms with van der Waals surface area (Å²) in [5, 5.41) is 0. The summed E-state index contributed by atoms with van der Waals surface area (Å²) in [5.41, 5.74) is 7.14. The first-order chi connectivity index (χ1) is 24.2. The van der Waals surface area contributed by atoms with Crippen molar-refractivity contribution in [3.63, 3.8) is 0 Å². The summed E-state index contributed by atoms with van der Waals surface area (Å²) in [6.07, 6.45) is 21.0. The number of hydrogen-bond donors (Lipinski definition) is 0. The Labute approximate surface area is 311 Å². The second-order valence-corrected chi connectivity index (χ2v) is 15.6. The highest BCUT2D eigenvalue weighted by molar-refractivity contribution is 8.76. The third-order valence-electron chi connectivity index (χ3n) is 8.15. The minimum absolute atomic E-state index is 0.802. The van der Waals surface area contributed by atoms with Gasteiger partial charge >= 0.3 is 0 Å². The molecule has 0 saturated carbocycles. The van der Waals surface area contributed by atoms with Crippen LogP contribution in [0.5, 0.6) is 0 Å². The maximum Gasteiger partial charge on any atom is 0.169 e. The molecule has 268 valence electrons. The van der Waals surface area contributed by atoms with Gasteiger partial charge in [-0.25, -0.2) is 4.57 Å². The third-order valence-corrected chi connectivity index (χ3v) is 10.5. The van der Waals surface area contributed by atoms with Crippen molar-refractivity contribution < 1.29 is 4.57 Å². The molecule has 0 aliphatic heterocycles. The highest BCUT2D eigenvalue weighted by Gasteiger charge is 2.03. The van der Waals surface area contributed by atoms with E-state index < -0.39 is 0 Å². The molecular formula is C42H59N6S2+. The number of anilines is 2. The molecule has 0 radical (unpaired) electrons. The van der Waals surface area contributed by atoms with Gasteiger partial charge in [0.2, 0.25) is 0 Å². The summed E-state index contributed by atoms with van der Waals surface area (Å²) in [6.45, 7) is 10.1. The van der Waals surface area contributed by atoms with Gasteiger partial charge in [-0.2, -0.15) is 0 Å². The zero-order valence-corrected chi connectivity index (χ0v) is 32.9. The van der Waals surface area contributed by atoms with Gasteiger partial charge in [-0.15, -0.1) is 0 Å². The van der Waals surface area contributed by atoms with E-state index in [1.54, 1.807) is 0 Å². The van der Waals surface area contributed by atoms with Crippen LogP contribution in [0.2, 0.25) is 0 Å². The lowest BCUT2D eigenvalue weighted by Gasteiger charge is -2.20. The molecule has 0 N–H and O–H groups in total. The van der Waals surface area contributed by atoms with Crippen molar-refractivity contribution in [1.29, 1.82) is 0 Å². The first kappa shape index (κ1) is 40.9. The number of hydrogen-bond acceptors (Lipinski definition) is 7. The SMILES string of the molecule is C=CC(/C=C/c1ccc(N(C)CCCN(C)C)cc1)=C\C=N\CCSSCC[n+]1ccc(/C=C/c2ccc(N(C)CCCN(C)C)cc2)cc1. The zero-order chi connectivity index (χ0) is 36.0. The summed E-state index contributed by atoms with van der Waals surface area (Å²) in [6, 6.07) is 21.9. The minimum Gasteiger partial charge on any atom is -0.375 e. The van der Waals surface area contributed by atoms with Gasteiger partial charge in [-0.1, -0.05) is 82.8 Å². The molecule has 6 nitrogen and oxygen atoms in total. The fourth-order valence-electron chi connectivity index (χ4n) is 5.06. The van der Waals surface area contributed by atoms with Crippen molar-refractivity contribution in [1.82, 2.24) is 9.80 Å². The standard InChI is InChI=1S/C42H59N6S2/c1-8-37(11-12-38-15-19-41(20-16-38)46(6)30-9-28-44(2)3)23-26-43-27-35-49-50-36-34-48-32-24-40(25-33-48)14-13-39-17-21-42(22-18-39)47(7)31-10-29-45(4)5/h8,11-26,32-33H,1,9-10,27-31,34-36H2,2-7H3/q+1/b12-11+,37-23+,43-26+. The van der Waals surface area contributed by atoms with Crippen molar-refractivity contribution in [2.24, 2.45) is 4.99 Å². The topological polar surface area (TPSA) is 29.2 Å². The quantitative estimate of drug-likeness (QED) is 0.0324. The fraction of sp³-hybridized carbons (Fsp3) is 0.381. The van der Waals surface area contributed by atoms with Crippen LogP contribution in [-0.4, -0.2) is 103 Å². The van der Waals surface area contributed by atoms with Crippen LogP contribution in [0.4, 0.5) is 11.4 Å². The Morgan fingerprint density at radius 2 is 1.16 bits per heavy atom. The number of aromatic nitrogens is 1. The van der Waals surface area contributed by atoms with Crippen molar-refractivity contribution in [2.45, 2.75) is 19.4 Å². The van der Waals surface area contributed by atoms with Gasteiger partial charge in [0.05, 0.1) is 5.75 Å². The van der Waals surface area contributed by atoms with Gasteiger partial charge in [0.15, 0.2) is 18.9 Å². The molecule has 0 aliphatic carbocycles. The first-order valence-corrected chi connectivity index (χ1v) is 20.1. The number of aliphatic imine (C=N–C) groups is 1. The Balaban J connectivity index is 1.30. The second kappa shape index (κ2) is 23.8. The van der Waals surface area contributed by atoms with Crippen LogP contribution < -0.4 is 14.4 Å². The van der Waals surface area contributed by atoms with Crippen LogP contribution in [-0.2, 0) is 6.54 Å². The number of allylic oxidation sites excluding steroid dienone is 4. The predicted octanol–water partition coefficient (Wildman–Crippen LogP) is 8.20. The van der Waals surface area contributed by atoms with E-state index in [4.69, 9.17) is 0 Å². The monoisotopic (exact) mass is 711 g/mol. The molecule has 50 heavy (non-hydrogen) atoms. The molecule has 1 heterocycles. The van der Waals surface area contributed by atoms with Crippen LogP contribution in [0.1, 0.15) is 29.5 Å². The summed E-state index contributed by atoms with van der Waals surface area (Å²) in [5.74, 6) is 2.05. The van der Waals surface area contributed by atoms with Crippen LogP contribution >= 0.6 is 21.6 Å². The van der Waals surface area contributed by atoms with E-state index in [1.807, 2.05) is 40.0 Å². The van der Waals surface area contributed by atoms with Crippen molar-refractivity contribution in [2.75, 3.05) is 96.3 Å². The number of pyridine rings is 1. The van der Waals surface area contributed by atoms with Gasteiger partial charge in [-0.3, -0.25) is 4.99 Å². The van der Waals surface area contributed by atoms with E-state index in [9.17, 15) is 0 Å². The van der Waals surface area contributed by atoms with E-state index in [0.717, 1.165) is 69.2 Å². The van der Waals surface area contributed by atoms with E-state index in [0.29, 0.717) is 0 Å². The Morgan fingerprint density at radius 1 is 0.660 bits per heavy atom. The normalized spacial score (nSPS) is 12.3. The van der Waals surface area contributed by atoms with Gasteiger partial charge in [0.25, 0.3) is 0 Å². The van der Waals surface area contributed by atoms with Crippen LogP contribution in [0.15, 0.2) is 108 Å². The lowest BCUT2D eigenvalue weighted by atomic mass is 10.1. The van der Waals surface area contributed by atoms with Gasteiger partial charge in [0, 0.05) is 69.2 Å². The molecule has 0 fully saturated rings. The lowest BCUT2D eigenvalue weighted by Crippen LogP contribution is -2.33. The minimum atomic E-state index is 0.802. The largest absolute Gasteiger partial charge is 0.375 e. The summed E-state index contributed by atoms with van der Waals surface area (Å²) in [4.78, 5) is 13.7. The molecule has 0 amide bonds. The fourth-order valence-corrected chi connectivity index (χ4v) is 6.91. The molecule has 0 spiro atoms. The summed E-state index contributed by atoms with van der Waals surface area (Å²) >= 11 is 0. The molecule has 0 unspecified atom stereocenters. The molecule has 0 atom stereocenters. The number of aryl methyl sites for hydroxylation is 1. The average Bonchev–Trinajstić information content (AvgIpc) is 3.11. The van der Waals surface area contributed by atoms with E-state index >= 15 is 0 Å². The average molecular weight is 712 g/mol. The maximum atomic E-state index is 4.57. The second-order valence-electron chi connectivity index (χ2n) is 12.9. The molecule has 0 bridgehead atoms. The Hall–Kier alpha value is -3.56. The smallest absolute Gasteiger partial charge is 0.169 e. The predicted molar refractivity (Wildman–Crippen MR) is 227 cm³/mol. The Bertz CT molecular complexity index is 1490. The Kier molecular flexibility index (Phi) is 19.4. The molecule has 0 aliphatic rings. The lowest BCUT2D eigenvalue weighted by molar-refractivity contribution is -0.692. The van der Waals surface area contributed by atoms with E-state index in [1.165, 1.54) is 28.1 Å². The molecule has 0 saturated heterocycles. The third kappa shape index (κ3) is 16.9. The summed E-state index contributed by atoms with van der Waals surface area (Å²) in [7, 11) is 16.6. The molecule has 2 aromatic carbocycles. The molecule has 8 heteroatoms. The molecule has 3 rings (SSSR count). The van der Waals surface area contributed by atoms with Gasteiger partial charge < -0.3 is 19.6 Å². The number of nitrogens with zero attached hydrogens (tertiary/aromatic N) is 6. The zero-order valence-electron chi connectivity index (χ0n) is 31.2. The van der Waals surface area contributed by atoms with Gasteiger partial charge in [-0.05, 0) is 107 Å². The number of rotatable bonds is 23. The Morgan fingerprint density at radius 3 is 1.68 bits per heavy atom. The van der Waals surface area contributed by atoms with E-state index in [2.05, 4.69) is 175 Å². The summed E-state index contributed by atoms with van der Waals surface area (Å²) < 4.78 is 2.25. The van der Waals surface area contributed by atoms with Crippen molar-refractivity contribution in [3.8, 4) is 0 Å². The van der Waals surface area contributed by atoms with Crippen molar-refractivity contribution >= 4 is 57.4 Å². The molecular weight excluding hydrogens is 653 g/mol. The highest BCUT2D eigenvalue weighted by Crippen LogP contribution is 2.20. The van der Waals surface area contributed by atoms with E-state index in [-0.39, 0.29) is 0 Å². The van der Waals surface area contributed by atoms with Crippen LogP contribution in [0.3, 0.4) is 0 Å². The highest BCUT2D eigenvalue weighted by atomic mass is 33.1. The number of benzene rings is 2. The molecule has 3 aromatic rings. The maximum absolute atomic E-state index is 4.57. The van der Waals surface area contributed by atoms with Crippen molar-refractivity contribution in [3.05, 3.63) is 120 Å². The van der Waals surface area contributed by atoms with Crippen LogP contribution in [0.25, 0.3) is 18.2 Å². The van der Waals surface area contributed by atoms with Crippen LogP contribution in [0, 0.1) is 0 Å². The first-order valence-electron chi connectivity index (χ1n) is 17.6. The molecule has 1 aromatic heterocycles.